The summed E-state index contributed by atoms with van der Waals surface area (Å²) in [5.41, 5.74) is 0.330. The number of aliphatic hydroxyl groups excluding tert-OH is 1. The molecule has 0 saturated heterocycles. The summed E-state index contributed by atoms with van der Waals surface area (Å²) < 4.78 is 0. The van der Waals surface area contributed by atoms with Crippen molar-refractivity contribution in [1.29, 1.82) is 0 Å². The lowest BCUT2D eigenvalue weighted by Gasteiger charge is -2.19. The Labute approximate surface area is 90.8 Å². The molecule has 1 aromatic heterocycles. The van der Waals surface area contributed by atoms with Crippen molar-refractivity contribution < 1.29 is 5.11 Å². The van der Waals surface area contributed by atoms with Gasteiger partial charge in [0.15, 0.2) is 0 Å². The molecule has 2 heteroatoms. The van der Waals surface area contributed by atoms with E-state index in [4.69, 9.17) is 0 Å². The monoisotopic (exact) mass is 212 g/mol. The van der Waals surface area contributed by atoms with Crippen molar-refractivity contribution in [2.75, 3.05) is 0 Å². The maximum Gasteiger partial charge on any atom is 0.0588 e. The maximum absolute atomic E-state index is 9.79. The van der Waals surface area contributed by atoms with Crippen molar-refractivity contribution in [3.63, 3.8) is 0 Å². The van der Waals surface area contributed by atoms with E-state index >= 15 is 0 Å². The van der Waals surface area contributed by atoms with Crippen molar-refractivity contribution in [3.8, 4) is 0 Å². The van der Waals surface area contributed by atoms with Crippen molar-refractivity contribution in [2.45, 2.75) is 46.1 Å². The molecular formula is C12H20OS. The molecule has 0 aliphatic rings. The molecule has 0 aliphatic heterocycles. The largest absolute Gasteiger partial charge is 0.393 e. The SMILES string of the molecule is CC(C)(C)CCC(O)Cc1cccs1. The summed E-state index contributed by atoms with van der Waals surface area (Å²) in [4.78, 5) is 1.28. The molecule has 1 rings (SSSR count). The van der Waals surface area contributed by atoms with Crippen LogP contribution in [-0.2, 0) is 6.42 Å². The summed E-state index contributed by atoms with van der Waals surface area (Å²) in [6.07, 6.45) is 2.63. The standard InChI is InChI=1S/C12H20OS/c1-12(2,3)7-6-10(13)9-11-5-4-8-14-11/h4-5,8,10,13H,6-7,9H2,1-3H3. The summed E-state index contributed by atoms with van der Waals surface area (Å²) in [6.45, 7) is 6.64. The highest BCUT2D eigenvalue weighted by molar-refractivity contribution is 7.09. The molecule has 0 aromatic carbocycles. The van der Waals surface area contributed by atoms with Gasteiger partial charge in [-0.3, -0.25) is 0 Å². The Morgan fingerprint density at radius 2 is 2.14 bits per heavy atom. The van der Waals surface area contributed by atoms with E-state index < -0.39 is 0 Å². The van der Waals surface area contributed by atoms with Crippen LogP contribution in [0.15, 0.2) is 17.5 Å². The van der Waals surface area contributed by atoms with Gasteiger partial charge in [-0.05, 0) is 29.7 Å². The highest BCUT2D eigenvalue weighted by Gasteiger charge is 2.13. The van der Waals surface area contributed by atoms with Crippen LogP contribution < -0.4 is 0 Å². The third-order valence-electron chi connectivity index (χ3n) is 2.24. The first-order valence-electron chi connectivity index (χ1n) is 5.18. The Bertz CT molecular complexity index is 246. The van der Waals surface area contributed by atoms with Crippen molar-refractivity contribution in [1.82, 2.24) is 0 Å². The van der Waals surface area contributed by atoms with Gasteiger partial charge in [0.1, 0.15) is 0 Å². The summed E-state index contributed by atoms with van der Waals surface area (Å²) in [5, 5.41) is 11.9. The van der Waals surface area contributed by atoms with E-state index in [2.05, 4.69) is 32.2 Å². The topological polar surface area (TPSA) is 20.2 Å². The lowest BCUT2D eigenvalue weighted by Crippen LogP contribution is -2.14. The van der Waals surface area contributed by atoms with Gasteiger partial charge in [0.05, 0.1) is 6.10 Å². The van der Waals surface area contributed by atoms with Gasteiger partial charge in [0.25, 0.3) is 0 Å². The van der Waals surface area contributed by atoms with Crippen LogP contribution in [0.2, 0.25) is 0 Å². The first-order valence-corrected chi connectivity index (χ1v) is 6.06. The molecule has 14 heavy (non-hydrogen) atoms. The van der Waals surface area contributed by atoms with Crippen molar-refractivity contribution >= 4 is 11.3 Å². The summed E-state index contributed by atoms with van der Waals surface area (Å²) in [5.74, 6) is 0. The minimum Gasteiger partial charge on any atom is -0.393 e. The molecule has 0 amide bonds. The quantitative estimate of drug-likeness (QED) is 0.810. The smallest absolute Gasteiger partial charge is 0.0588 e. The number of hydrogen-bond donors (Lipinski definition) is 1. The molecule has 1 atom stereocenters. The van der Waals surface area contributed by atoms with Crippen LogP contribution in [0.5, 0.6) is 0 Å². The Morgan fingerprint density at radius 1 is 1.43 bits per heavy atom. The van der Waals surface area contributed by atoms with Crippen LogP contribution in [-0.4, -0.2) is 11.2 Å². The summed E-state index contributed by atoms with van der Waals surface area (Å²) >= 11 is 1.72. The predicted molar refractivity (Wildman–Crippen MR) is 62.7 cm³/mol. The van der Waals surface area contributed by atoms with E-state index in [-0.39, 0.29) is 6.10 Å². The number of hydrogen-bond acceptors (Lipinski definition) is 2. The van der Waals surface area contributed by atoms with Gasteiger partial charge in [0.2, 0.25) is 0 Å². The fourth-order valence-electron chi connectivity index (χ4n) is 1.36. The zero-order valence-corrected chi connectivity index (χ0v) is 10.1. The molecule has 0 bridgehead atoms. The molecule has 1 N–H and O–H groups in total. The van der Waals surface area contributed by atoms with Crippen LogP contribution >= 0.6 is 11.3 Å². The molecule has 1 heterocycles. The lowest BCUT2D eigenvalue weighted by atomic mass is 9.89. The number of aliphatic hydroxyl groups is 1. The molecule has 0 aliphatic carbocycles. The van der Waals surface area contributed by atoms with E-state index in [1.807, 2.05) is 6.07 Å². The van der Waals surface area contributed by atoms with Gasteiger partial charge in [-0.15, -0.1) is 11.3 Å². The van der Waals surface area contributed by atoms with Crippen LogP contribution in [0.3, 0.4) is 0 Å². The fourth-order valence-corrected chi connectivity index (χ4v) is 2.14. The Kier molecular flexibility index (Phi) is 4.14. The molecule has 1 aromatic rings. The van der Waals surface area contributed by atoms with Gasteiger partial charge in [-0.1, -0.05) is 26.8 Å². The molecule has 0 radical (unpaired) electrons. The molecular weight excluding hydrogens is 192 g/mol. The average molecular weight is 212 g/mol. The normalized spacial score (nSPS) is 14.3. The minimum atomic E-state index is -0.173. The second-order valence-corrected chi connectivity index (χ2v) is 6.07. The average Bonchev–Trinajstić information content (AvgIpc) is 2.52. The van der Waals surface area contributed by atoms with Gasteiger partial charge in [0, 0.05) is 11.3 Å². The highest BCUT2D eigenvalue weighted by atomic mass is 32.1. The van der Waals surface area contributed by atoms with E-state index in [9.17, 15) is 5.11 Å². The molecule has 1 nitrogen and oxygen atoms in total. The first kappa shape index (κ1) is 11.7. The number of rotatable bonds is 4. The molecule has 1 unspecified atom stereocenters. The van der Waals surface area contributed by atoms with Crippen molar-refractivity contribution in [2.24, 2.45) is 5.41 Å². The van der Waals surface area contributed by atoms with Gasteiger partial charge < -0.3 is 5.11 Å². The fraction of sp³-hybridized carbons (Fsp3) is 0.667. The maximum atomic E-state index is 9.79. The van der Waals surface area contributed by atoms with Crippen molar-refractivity contribution in [3.05, 3.63) is 22.4 Å². The summed E-state index contributed by atoms with van der Waals surface area (Å²) in [6, 6.07) is 4.13. The highest BCUT2D eigenvalue weighted by Crippen LogP contribution is 2.23. The minimum absolute atomic E-state index is 0.173. The third-order valence-corrected chi connectivity index (χ3v) is 3.14. The first-order chi connectivity index (χ1) is 6.47. The third kappa shape index (κ3) is 4.77. The number of thiophene rings is 1. The molecule has 80 valence electrons. The van der Waals surface area contributed by atoms with E-state index in [0.717, 1.165) is 19.3 Å². The van der Waals surface area contributed by atoms with Crippen LogP contribution in [0.25, 0.3) is 0 Å². The molecule has 0 spiro atoms. The van der Waals surface area contributed by atoms with E-state index in [0.29, 0.717) is 5.41 Å². The molecule has 0 fully saturated rings. The van der Waals surface area contributed by atoms with E-state index in [1.54, 1.807) is 11.3 Å². The van der Waals surface area contributed by atoms with Crippen LogP contribution in [0, 0.1) is 5.41 Å². The van der Waals surface area contributed by atoms with Gasteiger partial charge >= 0.3 is 0 Å². The zero-order chi connectivity index (χ0) is 10.6. The Balaban J connectivity index is 2.26. The van der Waals surface area contributed by atoms with Gasteiger partial charge in [-0.25, -0.2) is 0 Å². The van der Waals surface area contributed by atoms with Crippen LogP contribution in [0.4, 0.5) is 0 Å². The van der Waals surface area contributed by atoms with Gasteiger partial charge in [-0.2, -0.15) is 0 Å². The second kappa shape index (κ2) is 4.94. The predicted octanol–water partition coefficient (Wildman–Crippen LogP) is 3.48. The molecule has 0 saturated carbocycles. The zero-order valence-electron chi connectivity index (χ0n) is 9.29. The van der Waals surface area contributed by atoms with E-state index in [1.165, 1.54) is 4.88 Å². The second-order valence-electron chi connectivity index (χ2n) is 5.04. The Morgan fingerprint density at radius 3 is 2.64 bits per heavy atom. The van der Waals surface area contributed by atoms with Crippen LogP contribution in [0.1, 0.15) is 38.5 Å². The Hall–Kier alpha value is -0.340. The summed E-state index contributed by atoms with van der Waals surface area (Å²) in [7, 11) is 0. The lowest BCUT2D eigenvalue weighted by molar-refractivity contribution is 0.146.